The number of benzene rings is 2. The van der Waals surface area contributed by atoms with E-state index in [0.717, 1.165) is 11.1 Å². The van der Waals surface area contributed by atoms with Crippen molar-refractivity contribution in [1.29, 1.82) is 0 Å². The van der Waals surface area contributed by atoms with Crippen molar-refractivity contribution in [1.82, 2.24) is 19.7 Å². The minimum absolute atomic E-state index is 0.204. The van der Waals surface area contributed by atoms with Crippen LogP contribution >= 0.6 is 0 Å². The van der Waals surface area contributed by atoms with Crippen molar-refractivity contribution in [3.63, 3.8) is 0 Å². The summed E-state index contributed by atoms with van der Waals surface area (Å²) in [5.74, 6) is 0. The lowest BCUT2D eigenvalue weighted by Crippen LogP contribution is -2.52. The number of sulfonamides is 2. The average molecular weight is 487 g/mol. The summed E-state index contributed by atoms with van der Waals surface area (Å²) in [7, 11) is -8.56. The van der Waals surface area contributed by atoms with Crippen LogP contribution in [0.4, 0.5) is 9.59 Å². The van der Waals surface area contributed by atoms with Gasteiger partial charge in [0.25, 0.3) is 20.0 Å². The molecular formula is C18H22N4O8S2. The summed E-state index contributed by atoms with van der Waals surface area (Å²) in [5.41, 5.74) is 1.58. The zero-order valence-corrected chi connectivity index (χ0v) is 18.7. The zero-order valence-electron chi connectivity index (χ0n) is 17.1. The van der Waals surface area contributed by atoms with E-state index in [-0.39, 0.29) is 19.8 Å². The number of carboxylic acid groups (broad SMARTS) is 2. The van der Waals surface area contributed by atoms with Crippen molar-refractivity contribution >= 4 is 32.2 Å². The van der Waals surface area contributed by atoms with E-state index in [1.165, 1.54) is 48.5 Å². The number of nitrogens with one attached hydrogen (secondary N) is 2. The third-order valence-electron chi connectivity index (χ3n) is 4.13. The highest BCUT2D eigenvalue weighted by molar-refractivity contribution is 7.89. The van der Waals surface area contributed by atoms with Gasteiger partial charge in [-0.1, -0.05) is 35.4 Å². The highest BCUT2D eigenvalue weighted by Crippen LogP contribution is 2.12. The molecule has 0 radical (unpaired) electrons. The molecule has 0 aliphatic heterocycles. The molecule has 0 aromatic heterocycles. The lowest BCUT2D eigenvalue weighted by atomic mass is 10.2. The van der Waals surface area contributed by atoms with Crippen molar-refractivity contribution in [2.24, 2.45) is 0 Å². The molecule has 0 saturated carbocycles. The summed E-state index contributed by atoms with van der Waals surface area (Å²) >= 11 is 0. The van der Waals surface area contributed by atoms with Crippen LogP contribution in [0.25, 0.3) is 0 Å². The molecule has 174 valence electrons. The molecule has 0 aliphatic carbocycles. The quantitative estimate of drug-likeness (QED) is 0.384. The standard InChI is InChI=1S/C18H22N4O8S2/c1-13-3-7-15(8-4-13)31(27,28)19-21(17(23)24)11-12-22(18(25)26)20-32(29,30)16-9-5-14(2)6-10-16/h3-10,19-20H,11-12H2,1-2H3,(H,23,24)(H,25,26). The lowest BCUT2D eigenvalue weighted by molar-refractivity contribution is 0.110. The SMILES string of the molecule is Cc1ccc(S(=O)(=O)NN(CCN(NS(=O)(=O)c2ccc(C)cc2)C(=O)O)C(=O)O)cc1. The molecule has 0 atom stereocenters. The second-order valence-electron chi connectivity index (χ2n) is 6.68. The van der Waals surface area contributed by atoms with Gasteiger partial charge in [-0.25, -0.2) is 36.4 Å². The molecule has 0 fully saturated rings. The minimum atomic E-state index is -4.28. The Bertz CT molecular complexity index is 1080. The van der Waals surface area contributed by atoms with Gasteiger partial charge in [-0.3, -0.25) is 0 Å². The fraction of sp³-hybridized carbons (Fsp3) is 0.222. The van der Waals surface area contributed by atoms with Crippen LogP contribution in [0.2, 0.25) is 0 Å². The van der Waals surface area contributed by atoms with Crippen LogP contribution in [-0.4, -0.2) is 62.3 Å². The number of carbonyl (C=O) groups is 2. The third kappa shape index (κ3) is 6.65. The molecule has 0 unspecified atom stereocenters. The molecule has 14 heteroatoms. The van der Waals surface area contributed by atoms with E-state index in [1.807, 2.05) is 9.66 Å². The van der Waals surface area contributed by atoms with Gasteiger partial charge in [-0.2, -0.15) is 0 Å². The van der Waals surface area contributed by atoms with Crippen LogP contribution in [-0.2, 0) is 20.0 Å². The molecule has 0 saturated heterocycles. The molecule has 0 aliphatic rings. The highest BCUT2D eigenvalue weighted by Gasteiger charge is 2.26. The summed E-state index contributed by atoms with van der Waals surface area (Å²) in [5, 5.41) is 19.1. The molecule has 0 bridgehead atoms. The van der Waals surface area contributed by atoms with Gasteiger partial charge in [0.15, 0.2) is 0 Å². The molecular weight excluding hydrogens is 464 g/mol. The maximum Gasteiger partial charge on any atom is 0.422 e. The van der Waals surface area contributed by atoms with Gasteiger partial charge in [-0.05, 0) is 38.1 Å². The molecule has 2 aromatic carbocycles. The first-order valence-electron chi connectivity index (χ1n) is 9.01. The summed E-state index contributed by atoms with van der Waals surface area (Å²) in [6.07, 6.45) is -3.43. The molecule has 32 heavy (non-hydrogen) atoms. The molecule has 2 rings (SSSR count). The normalized spacial score (nSPS) is 11.7. The highest BCUT2D eigenvalue weighted by atomic mass is 32.2. The minimum Gasteiger partial charge on any atom is -0.464 e. The van der Waals surface area contributed by atoms with E-state index in [0.29, 0.717) is 0 Å². The zero-order chi connectivity index (χ0) is 24.1. The Labute approximate surface area is 185 Å². The Morgan fingerprint density at radius 3 is 1.22 bits per heavy atom. The van der Waals surface area contributed by atoms with Crippen molar-refractivity contribution in [3.8, 4) is 0 Å². The second kappa shape index (κ2) is 9.95. The Morgan fingerprint density at radius 1 is 0.688 bits per heavy atom. The van der Waals surface area contributed by atoms with Crippen molar-refractivity contribution in [2.75, 3.05) is 13.1 Å². The van der Waals surface area contributed by atoms with Crippen LogP contribution in [0.15, 0.2) is 58.3 Å². The second-order valence-corrected chi connectivity index (χ2v) is 10.0. The van der Waals surface area contributed by atoms with E-state index in [1.54, 1.807) is 13.8 Å². The van der Waals surface area contributed by atoms with Crippen LogP contribution in [0.3, 0.4) is 0 Å². The Balaban J connectivity index is 2.14. The first kappa shape index (κ1) is 25.1. The fourth-order valence-electron chi connectivity index (χ4n) is 2.39. The van der Waals surface area contributed by atoms with Crippen molar-refractivity contribution in [2.45, 2.75) is 23.6 Å². The van der Waals surface area contributed by atoms with Gasteiger partial charge in [0.05, 0.1) is 22.9 Å². The maximum absolute atomic E-state index is 12.4. The topological polar surface area (TPSA) is 173 Å². The van der Waals surface area contributed by atoms with E-state index >= 15 is 0 Å². The van der Waals surface area contributed by atoms with Crippen LogP contribution in [0.5, 0.6) is 0 Å². The van der Waals surface area contributed by atoms with Gasteiger partial charge in [0.1, 0.15) is 0 Å². The van der Waals surface area contributed by atoms with E-state index < -0.39 is 45.3 Å². The number of hydrogen-bond acceptors (Lipinski definition) is 6. The molecule has 0 spiro atoms. The van der Waals surface area contributed by atoms with E-state index in [9.17, 15) is 36.6 Å². The average Bonchev–Trinajstić information content (AvgIpc) is 2.70. The molecule has 2 aromatic rings. The fourth-order valence-corrected chi connectivity index (χ4v) is 4.51. The van der Waals surface area contributed by atoms with Gasteiger partial charge in [-0.15, -0.1) is 9.66 Å². The van der Waals surface area contributed by atoms with Crippen LogP contribution in [0.1, 0.15) is 11.1 Å². The monoisotopic (exact) mass is 486 g/mol. The lowest BCUT2D eigenvalue weighted by Gasteiger charge is -2.24. The van der Waals surface area contributed by atoms with E-state index in [4.69, 9.17) is 0 Å². The predicted molar refractivity (Wildman–Crippen MR) is 112 cm³/mol. The maximum atomic E-state index is 12.4. The molecule has 2 amide bonds. The number of nitrogens with zero attached hydrogens (tertiary/aromatic N) is 2. The van der Waals surface area contributed by atoms with Crippen LogP contribution in [0, 0.1) is 13.8 Å². The number of rotatable bonds is 9. The number of hydrogen-bond donors (Lipinski definition) is 4. The van der Waals surface area contributed by atoms with Crippen LogP contribution < -0.4 is 9.66 Å². The van der Waals surface area contributed by atoms with E-state index in [2.05, 4.69) is 0 Å². The Hall–Kier alpha value is -3.20. The summed E-state index contributed by atoms with van der Waals surface area (Å²) in [6, 6.07) is 11.2. The summed E-state index contributed by atoms with van der Waals surface area (Å²) in [6.45, 7) is 2.07. The Kier molecular flexibility index (Phi) is 7.79. The third-order valence-corrected chi connectivity index (χ3v) is 6.84. The van der Waals surface area contributed by atoms with Gasteiger partial charge >= 0.3 is 12.2 Å². The molecule has 0 heterocycles. The number of hydrazine groups is 2. The first-order valence-corrected chi connectivity index (χ1v) is 12.0. The van der Waals surface area contributed by atoms with Gasteiger partial charge in [0.2, 0.25) is 0 Å². The molecule has 12 nitrogen and oxygen atoms in total. The van der Waals surface area contributed by atoms with Gasteiger partial charge in [0, 0.05) is 0 Å². The molecule has 4 N–H and O–H groups in total. The predicted octanol–water partition coefficient (Wildman–Crippen LogP) is 1.35. The smallest absolute Gasteiger partial charge is 0.422 e. The number of amides is 2. The summed E-state index contributed by atoms with van der Waals surface area (Å²) < 4.78 is 49.7. The summed E-state index contributed by atoms with van der Waals surface area (Å²) in [4.78, 5) is 26.2. The van der Waals surface area contributed by atoms with Crippen molar-refractivity contribution in [3.05, 3.63) is 59.7 Å². The largest absolute Gasteiger partial charge is 0.464 e. The van der Waals surface area contributed by atoms with Gasteiger partial charge < -0.3 is 10.2 Å². The number of aryl methyl sites for hydroxylation is 2. The Morgan fingerprint density at radius 2 is 0.969 bits per heavy atom. The first-order chi connectivity index (χ1) is 14.8. The van der Waals surface area contributed by atoms with Crippen molar-refractivity contribution < 1.29 is 36.6 Å².